The Kier molecular flexibility index (Phi) is 1.59. The SMILES string of the molecule is C[N-]C(C)(C)C. The Hall–Kier alpha value is -0.0400. The average molecular weight is 86.2 g/mol. The molecular weight excluding hydrogens is 74.1 g/mol. The summed E-state index contributed by atoms with van der Waals surface area (Å²) >= 11 is 0. The fourth-order valence-corrected chi connectivity index (χ4v) is 0. The van der Waals surface area contributed by atoms with Gasteiger partial charge in [-0.05, 0) is 0 Å². The average Bonchev–Trinajstić information content (AvgIpc) is 1.35. The minimum Gasteiger partial charge on any atom is -0.660 e. The molecule has 1 nitrogen and oxygen atoms in total. The summed E-state index contributed by atoms with van der Waals surface area (Å²) < 4.78 is 0. The molecule has 0 N–H and O–H groups in total. The number of rotatable bonds is 0. The first-order valence-electron chi connectivity index (χ1n) is 2.17. The third kappa shape index (κ3) is 3.96. The predicted molar refractivity (Wildman–Crippen MR) is 29.0 cm³/mol. The summed E-state index contributed by atoms with van der Waals surface area (Å²) in [6.45, 7) is 6.23. The van der Waals surface area contributed by atoms with E-state index < -0.39 is 0 Å². The molecule has 0 bridgehead atoms. The van der Waals surface area contributed by atoms with Crippen LogP contribution in [-0.2, 0) is 0 Å². The molecule has 0 aromatic rings. The van der Waals surface area contributed by atoms with Crippen LogP contribution in [0, 0.1) is 0 Å². The van der Waals surface area contributed by atoms with Crippen molar-refractivity contribution in [2.24, 2.45) is 0 Å². The lowest BCUT2D eigenvalue weighted by molar-refractivity contribution is 0.658. The van der Waals surface area contributed by atoms with Gasteiger partial charge in [-0.25, -0.2) is 0 Å². The van der Waals surface area contributed by atoms with Crippen molar-refractivity contribution in [3.8, 4) is 0 Å². The van der Waals surface area contributed by atoms with Gasteiger partial charge in [0.15, 0.2) is 0 Å². The van der Waals surface area contributed by atoms with Crippen LogP contribution < -0.4 is 0 Å². The normalized spacial score (nSPS) is 12.0. The third-order valence-electron chi connectivity index (χ3n) is 0.671. The van der Waals surface area contributed by atoms with Crippen LogP contribution in [-0.4, -0.2) is 12.6 Å². The van der Waals surface area contributed by atoms with Gasteiger partial charge in [0.25, 0.3) is 0 Å². The van der Waals surface area contributed by atoms with Crippen LogP contribution in [0.3, 0.4) is 0 Å². The largest absolute Gasteiger partial charge is 0.660 e. The lowest BCUT2D eigenvalue weighted by Gasteiger charge is -2.31. The Morgan fingerprint density at radius 2 is 1.33 bits per heavy atom. The zero-order chi connectivity index (χ0) is 5.21. The van der Waals surface area contributed by atoms with Gasteiger partial charge < -0.3 is 5.32 Å². The molecule has 0 heterocycles. The van der Waals surface area contributed by atoms with E-state index in [-0.39, 0.29) is 5.54 Å². The van der Waals surface area contributed by atoms with E-state index >= 15 is 0 Å². The fraction of sp³-hybridized carbons (Fsp3) is 1.00. The van der Waals surface area contributed by atoms with Crippen LogP contribution in [0.1, 0.15) is 20.8 Å². The molecule has 1 heteroatoms. The van der Waals surface area contributed by atoms with E-state index in [1.807, 2.05) is 7.05 Å². The van der Waals surface area contributed by atoms with Crippen LogP contribution in [0.15, 0.2) is 0 Å². The zero-order valence-corrected chi connectivity index (χ0v) is 4.95. The molecule has 0 unspecified atom stereocenters. The summed E-state index contributed by atoms with van der Waals surface area (Å²) in [4.78, 5) is 0. The summed E-state index contributed by atoms with van der Waals surface area (Å²) in [5, 5.41) is 4.02. The van der Waals surface area contributed by atoms with Crippen LogP contribution in [0.25, 0.3) is 5.32 Å². The second-order valence-electron chi connectivity index (χ2n) is 2.39. The number of nitrogens with zero attached hydrogens (tertiary/aromatic N) is 1. The fourth-order valence-electron chi connectivity index (χ4n) is 0. The molecule has 0 spiro atoms. The minimum absolute atomic E-state index is 0.167. The van der Waals surface area contributed by atoms with E-state index in [0.29, 0.717) is 0 Å². The topological polar surface area (TPSA) is 14.1 Å². The molecule has 0 fully saturated rings. The van der Waals surface area contributed by atoms with Crippen molar-refractivity contribution in [3.05, 3.63) is 5.32 Å². The van der Waals surface area contributed by atoms with Gasteiger partial charge in [-0.1, -0.05) is 20.8 Å². The Morgan fingerprint density at radius 1 is 1.17 bits per heavy atom. The van der Waals surface area contributed by atoms with Crippen molar-refractivity contribution < 1.29 is 0 Å². The van der Waals surface area contributed by atoms with Crippen LogP contribution in [0.5, 0.6) is 0 Å². The highest BCUT2D eigenvalue weighted by Gasteiger charge is 1.89. The molecule has 0 saturated carbocycles. The second kappa shape index (κ2) is 1.61. The lowest BCUT2D eigenvalue weighted by Crippen LogP contribution is -2.09. The molecule has 0 aromatic carbocycles. The minimum atomic E-state index is 0.167. The molecule has 0 aliphatic rings. The zero-order valence-electron chi connectivity index (χ0n) is 4.95. The Labute approximate surface area is 39.7 Å². The van der Waals surface area contributed by atoms with Gasteiger partial charge in [-0.15, -0.1) is 5.54 Å². The van der Waals surface area contributed by atoms with Crippen molar-refractivity contribution >= 4 is 0 Å². The summed E-state index contributed by atoms with van der Waals surface area (Å²) in [7, 11) is 1.83. The van der Waals surface area contributed by atoms with Gasteiger partial charge in [-0.2, -0.15) is 7.05 Å². The van der Waals surface area contributed by atoms with Gasteiger partial charge in [0.1, 0.15) is 0 Å². The highest BCUT2D eigenvalue weighted by Crippen LogP contribution is 2.08. The van der Waals surface area contributed by atoms with Gasteiger partial charge in [0.05, 0.1) is 0 Å². The number of hydrogen-bond donors (Lipinski definition) is 0. The van der Waals surface area contributed by atoms with Crippen LogP contribution in [0.4, 0.5) is 0 Å². The summed E-state index contributed by atoms with van der Waals surface area (Å²) in [6, 6.07) is 0. The Bertz CT molecular complexity index is 33.7. The highest BCUT2D eigenvalue weighted by atomic mass is 14.9. The van der Waals surface area contributed by atoms with Crippen molar-refractivity contribution in [1.29, 1.82) is 0 Å². The third-order valence-corrected chi connectivity index (χ3v) is 0.671. The molecule has 0 aromatic heterocycles. The number of hydrogen-bond acceptors (Lipinski definition) is 0. The molecule has 0 saturated heterocycles. The van der Waals surface area contributed by atoms with E-state index in [0.717, 1.165) is 0 Å². The maximum Gasteiger partial charge on any atom is -0.0793 e. The first-order chi connectivity index (χ1) is 2.56. The quantitative estimate of drug-likeness (QED) is 0.426. The van der Waals surface area contributed by atoms with E-state index in [1.165, 1.54) is 0 Å². The van der Waals surface area contributed by atoms with Gasteiger partial charge in [0.2, 0.25) is 0 Å². The van der Waals surface area contributed by atoms with E-state index in [4.69, 9.17) is 0 Å². The van der Waals surface area contributed by atoms with Crippen molar-refractivity contribution in [2.75, 3.05) is 7.05 Å². The second-order valence-corrected chi connectivity index (χ2v) is 2.39. The molecule has 38 valence electrons. The Morgan fingerprint density at radius 3 is 1.33 bits per heavy atom. The van der Waals surface area contributed by atoms with E-state index in [9.17, 15) is 0 Å². The Balaban J connectivity index is 3.17. The highest BCUT2D eigenvalue weighted by molar-refractivity contribution is 4.91. The molecule has 0 atom stereocenters. The van der Waals surface area contributed by atoms with Crippen LogP contribution in [0.2, 0.25) is 0 Å². The first-order valence-corrected chi connectivity index (χ1v) is 2.17. The van der Waals surface area contributed by atoms with Gasteiger partial charge in [-0.3, -0.25) is 0 Å². The summed E-state index contributed by atoms with van der Waals surface area (Å²) in [6.07, 6.45) is 0. The first kappa shape index (κ1) is 5.96. The summed E-state index contributed by atoms with van der Waals surface area (Å²) in [5.41, 5.74) is 0.167. The molecule has 6 heavy (non-hydrogen) atoms. The van der Waals surface area contributed by atoms with E-state index in [1.54, 1.807) is 0 Å². The standard InChI is InChI=1S/C5H12N/c1-5(2,3)6-4/h1-4H3/q-1. The van der Waals surface area contributed by atoms with Gasteiger partial charge >= 0.3 is 0 Å². The van der Waals surface area contributed by atoms with E-state index in [2.05, 4.69) is 26.1 Å². The molecule has 0 rings (SSSR count). The smallest absolute Gasteiger partial charge is 0.0793 e. The summed E-state index contributed by atoms with van der Waals surface area (Å²) in [5.74, 6) is 0. The molecule has 0 aliphatic carbocycles. The van der Waals surface area contributed by atoms with Crippen molar-refractivity contribution in [3.63, 3.8) is 0 Å². The predicted octanol–water partition coefficient (Wildman–Crippen LogP) is 1.79. The maximum atomic E-state index is 4.02. The monoisotopic (exact) mass is 86.1 g/mol. The van der Waals surface area contributed by atoms with Gasteiger partial charge in [0, 0.05) is 0 Å². The maximum absolute atomic E-state index is 4.02. The molecule has 0 aliphatic heterocycles. The van der Waals surface area contributed by atoms with Crippen LogP contribution >= 0.6 is 0 Å². The molecule has 0 amide bonds. The molecular formula is C5H12N-. The lowest BCUT2D eigenvalue weighted by atomic mass is 10.1. The van der Waals surface area contributed by atoms with Crippen molar-refractivity contribution in [1.82, 2.24) is 0 Å². The van der Waals surface area contributed by atoms with Crippen molar-refractivity contribution in [2.45, 2.75) is 26.3 Å². The molecule has 0 radical (unpaired) electrons.